The maximum Gasteiger partial charge on any atom is 0.227 e. The zero-order valence-electron chi connectivity index (χ0n) is 21.4. The molecule has 0 spiro atoms. The predicted molar refractivity (Wildman–Crippen MR) is 149 cm³/mol. The second kappa shape index (κ2) is 9.74. The minimum atomic E-state index is 0.0552. The number of hydrogen-bond acceptors (Lipinski definition) is 3. The fraction of sp³-hybridized carbons (Fsp3) is 0.250. The summed E-state index contributed by atoms with van der Waals surface area (Å²) in [5, 5.41) is 2.32. The Bertz CT molecular complexity index is 1600. The van der Waals surface area contributed by atoms with Gasteiger partial charge in [-0.05, 0) is 55.5 Å². The van der Waals surface area contributed by atoms with E-state index in [0.717, 1.165) is 52.2 Å². The Labute approximate surface area is 217 Å². The first-order valence-corrected chi connectivity index (χ1v) is 13.0. The number of imidazole rings is 1. The molecule has 1 fully saturated rings. The number of aryl methyl sites for hydroxylation is 3. The number of amides is 1. The summed E-state index contributed by atoms with van der Waals surface area (Å²) in [6, 6.07) is 29.0. The SMILES string of the molecule is Cc1ccc(N2CC(c3nc4ccccc4n3CCCOc3cccc4ccccc34)CC2=O)c(C)c1. The number of fused-ring (bicyclic) bond motifs is 2. The van der Waals surface area contributed by atoms with Crippen LogP contribution in [0.4, 0.5) is 5.69 Å². The van der Waals surface area contributed by atoms with Crippen LogP contribution in [-0.4, -0.2) is 28.6 Å². The Morgan fingerprint density at radius 3 is 2.65 bits per heavy atom. The maximum atomic E-state index is 13.1. The van der Waals surface area contributed by atoms with Crippen molar-refractivity contribution in [2.75, 3.05) is 18.1 Å². The minimum Gasteiger partial charge on any atom is -0.493 e. The summed E-state index contributed by atoms with van der Waals surface area (Å²) >= 11 is 0. The molecule has 1 aromatic heterocycles. The van der Waals surface area contributed by atoms with Gasteiger partial charge < -0.3 is 14.2 Å². The van der Waals surface area contributed by atoms with Gasteiger partial charge in [-0.3, -0.25) is 4.79 Å². The second-order valence-electron chi connectivity index (χ2n) is 9.98. The molecular formula is C32H31N3O2. The largest absolute Gasteiger partial charge is 0.493 e. The number of anilines is 1. The van der Waals surface area contributed by atoms with E-state index in [-0.39, 0.29) is 11.8 Å². The Hall–Kier alpha value is -4.12. The molecule has 0 bridgehead atoms. The van der Waals surface area contributed by atoms with Crippen LogP contribution in [0.15, 0.2) is 84.9 Å². The van der Waals surface area contributed by atoms with Crippen molar-refractivity contribution in [3.8, 4) is 5.75 Å². The van der Waals surface area contributed by atoms with E-state index in [1.54, 1.807) is 0 Å². The van der Waals surface area contributed by atoms with Crippen molar-refractivity contribution in [1.29, 1.82) is 0 Å². The van der Waals surface area contributed by atoms with Gasteiger partial charge in [-0.25, -0.2) is 4.98 Å². The van der Waals surface area contributed by atoms with E-state index in [1.165, 1.54) is 10.9 Å². The molecule has 5 nitrogen and oxygen atoms in total. The molecular weight excluding hydrogens is 458 g/mol. The lowest BCUT2D eigenvalue weighted by molar-refractivity contribution is -0.117. The molecule has 186 valence electrons. The van der Waals surface area contributed by atoms with E-state index >= 15 is 0 Å². The lowest BCUT2D eigenvalue weighted by Crippen LogP contribution is -2.25. The van der Waals surface area contributed by atoms with E-state index in [2.05, 4.69) is 73.0 Å². The highest BCUT2D eigenvalue weighted by atomic mass is 16.5. The molecule has 4 aromatic carbocycles. The van der Waals surface area contributed by atoms with E-state index in [1.807, 2.05) is 35.2 Å². The Morgan fingerprint density at radius 2 is 1.76 bits per heavy atom. The number of rotatable bonds is 7. The highest BCUT2D eigenvalue weighted by Gasteiger charge is 2.35. The number of aromatic nitrogens is 2. The normalized spacial score (nSPS) is 15.7. The molecule has 1 saturated heterocycles. The molecule has 1 aliphatic heterocycles. The Morgan fingerprint density at radius 1 is 0.946 bits per heavy atom. The zero-order chi connectivity index (χ0) is 25.4. The molecule has 1 amide bonds. The van der Waals surface area contributed by atoms with Gasteiger partial charge in [-0.15, -0.1) is 0 Å². The van der Waals surface area contributed by atoms with Crippen molar-refractivity contribution in [1.82, 2.24) is 9.55 Å². The van der Waals surface area contributed by atoms with Crippen LogP contribution in [0.3, 0.4) is 0 Å². The maximum absolute atomic E-state index is 13.1. The Balaban J connectivity index is 1.22. The van der Waals surface area contributed by atoms with Crippen LogP contribution in [0, 0.1) is 13.8 Å². The summed E-state index contributed by atoms with van der Waals surface area (Å²) in [6.45, 7) is 6.21. The molecule has 1 aliphatic rings. The van der Waals surface area contributed by atoms with Gasteiger partial charge in [0.25, 0.3) is 0 Å². The molecule has 1 unspecified atom stereocenters. The topological polar surface area (TPSA) is 47.4 Å². The highest BCUT2D eigenvalue weighted by Crippen LogP contribution is 2.35. The molecule has 6 rings (SSSR count). The van der Waals surface area contributed by atoms with Crippen LogP contribution in [0.25, 0.3) is 21.8 Å². The monoisotopic (exact) mass is 489 g/mol. The first kappa shape index (κ1) is 23.3. The van der Waals surface area contributed by atoms with Crippen LogP contribution in [0.2, 0.25) is 0 Å². The van der Waals surface area contributed by atoms with Gasteiger partial charge in [-0.2, -0.15) is 0 Å². The molecule has 1 atom stereocenters. The van der Waals surface area contributed by atoms with Crippen LogP contribution < -0.4 is 9.64 Å². The van der Waals surface area contributed by atoms with Crippen molar-refractivity contribution in [3.05, 3.63) is 102 Å². The van der Waals surface area contributed by atoms with Gasteiger partial charge in [0, 0.05) is 36.5 Å². The minimum absolute atomic E-state index is 0.0552. The predicted octanol–water partition coefficient (Wildman–Crippen LogP) is 6.80. The van der Waals surface area contributed by atoms with Gasteiger partial charge in [0.15, 0.2) is 0 Å². The lowest BCUT2D eigenvalue weighted by atomic mass is 10.1. The third-order valence-electron chi connectivity index (χ3n) is 7.35. The summed E-state index contributed by atoms with van der Waals surface area (Å²) in [6.07, 6.45) is 1.32. The number of ether oxygens (including phenoxy) is 1. The number of carbonyl (C=O) groups is 1. The lowest BCUT2D eigenvalue weighted by Gasteiger charge is -2.20. The molecule has 0 aliphatic carbocycles. The summed E-state index contributed by atoms with van der Waals surface area (Å²) in [7, 11) is 0. The smallest absolute Gasteiger partial charge is 0.227 e. The standard InChI is InChI=1S/C32H31N3O2/c1-22-15-16-28(23(2)19-22)35-21-25(20-31(35)36)32-33-27-12-5-6-13-29(27)34(32)17-8-18-37-30-14-7-10-24-9-3-4-11-26(24)30/h3-7,9-16,19,25H,8,17-18,20-21H2,1-2H3. The molecule has 5 heteroatoms. The summed E-state index contributed by atoms with van der Waals surface area (Å²) in [5.41, 5.74) is 5.43. The highest BCUT2D eigenvalue weighted by molar-refractivity contribution is 5.97. The summed E-state index contributed by atoms with van der Waals surface area (Å²) in [5.74, 6) is 2.13. The van der Waals surface area contributed by atoms with E-state index in [4.69, 9.17) is 9.72 Å². The fourth-order valence-corrected chi connectivity index (χ4v) is 5.59. The second-order valence-corrected chi connectivity index (χ2v) is 9.98. The van der Waals surface area contributed by atoms with Gasteiger partial charge in [-0.1, -0.05) is 66.2 Å². The first-order valence-electron chi connectivity index (χ1n) is 13.0. The average molecular weight is 490 g/mol. The Kier molecular flexibility index (Phi) is 6.13. The summed E-state index contributed by atoms with van der Waals surface area (Å²) in [4.78, 5) is 20.1. The quantitative estimate of drug-likeness (QED) is 0.236. The van der Waals surface area contributed by atoms with E-state index in [9.17, 15) is 4.79 Å². The molecule has 0 radical (unpaired) electrons. The third-order valence-corrected chi connectivity index (χ3v) is 7.35. The van der Waals surface area contributed by atoms with Crippen LogP contribution in [0.5, 0.6) is 5.75 Å². The van der Waals surface area contributed by atoms with E-state index in [0.29, 0.717) is 19.6 Å². The third kappa shape index (κ3) is 4.46. The molecule has 37 heavy (non-hydrogen) atoms. The van der Waals surface area contributed by atoms with Crippen molar-refractivity contribution in [2.45, 2.75) is 39.2 Å². The van der Waals surface area contributed by atoms with Gasteiger partial charge in [0.1, 0.15) is 11.6 Å². The van der Waals surface area contributed by atoms with Crippen molar-refractivity contribution < 1.29 is 9.53 Å². The number of para-hydroxylation sites is 2. The number of hydrogen-bond donors (Lipinski definition) is 0. The summed E-state index contributed by atoms with van der Waals surface area (Å²) < 4.78 is 8.51. The van der Waals surface area contributed by atoms with E-state index < -0.39 is 0 Å². The molecule has 2 heterocycles. The molecule has 5 aromatic rings. The van der Waals surface area contributed by atoms with Crippen LogP contribution in [-0.2, 0) is 11.3 Å². The van der Waals surface area contributed by atoms with Crippen molar-refractivity contribution in [2.24, 2.45) is 0 Å². The molecule has 0 saturated carbocycles. The number of nitrogens with zero attached hydrogens (tertiary/aromatic N) is 3. The number of carbonyl (C=O) groups excluding carboxylic acids is 1. The average Bonchev–Trinajstić information content (AvgIpc) is 3.47. The zero-order valence-corrected chi connectivity index (χ0v) is 21.4. The van der Waals surface area contributed by atoms with Crippen LogP contribution in [0.1, 0.15) is 35.7 Å². The van der Waals surface area contributed by atoms with Crippen molar-refractivity contribution >= 4 is 33.4 Å². The van der Waals surface area contributed by atoms with Crippen molar-refractivity contribution in [3.63, 3.8) is 0 Å². The molecule has 0 N–H and O–H groups in total. The first-order chi connectivity index (χ1) is 18.1. The number of benzene rings is 4. The fourth-order valence-electron chi connectivity index (χ4n) is 5.59. The van der Waals surface area contributed by atoms with Gasteiger partial charge in [0.2, 0.25) is 5.91 Å². The van der Waals surface area contributed by atoms with Gasteiger partial charge >= 0.3 is 0 Å². The van der Waals surface area contributed by atoms with Gasteiger partial charge in [0.05, 0.1) is 17.6 Å². The van der Waals surface area contributed by atoms with Crippen LogP contribution >= 0.6 is 0 Å².